The fraction of sp³-hybridized carbons (Fsp3) is 0.121. The third-order valence-electron chi connectivity index (χ3n) is 7.02. The smallest absolute Gasteiger partial charge is 0.416 e. The molecule has 5 rings (SSSR count). The molecule has 1 N–H and O–H groups in total. The lowest BCUT2D eigenvalue weighted by molar-refractivity contribution is -0.137. The molecule has 1 aromatic heterocycles. The molecule has 0 fully saturated rings. The molecule has 5 aromatic rings. The first kappa shape index (κ1) is 27.6. The van der Waals surface area contributed by atoms with Gasteiger partial charge >= 0.3 is 12.1 Å². The van der Waals surface area contributed by atoms with Gasteiger partial charge in [-0.1, -0.05) is 54.6 Å². The molecule has 41 heavy (non-hydrogen) atoms. The molecule has 0 saturated carbocycles. The Morgan fingerprint density at radius 3 is 1.93 bits per heavy atom. The largest absolute Gasteiger partial charge is 0.477 e. The first-order valence-corrected chi connectivity index (χ1v) is 12.7. The van der Waals surface area contributed by atoms with Crippen molar-refractivity contribution in [3.05, 3.63) is 119 Å². The summed E-state index contributed by atoms with van der Waals surface area (Å²) in [6.07, 6.45) is -4.55. The van der Waals surface area contributed by atoms with Gasteiger partial charge in [-0.15, -0.1) is 0 Å². The number of carbonyl (C=O) groups is 3. The van der Waals surface area contributed by atoms with Crippen LogP contribution in [-0.2, 0) is 12.7 Å². The number of rotatable bonds is 7. The Morgan fingerprint density at radius 1 is 0.732 bits per heavy atom. The summed E-state index contributed by atoms with van der Waals surface area (Å²) in [7, 11) is 0. The summed E-state index contributed by atoms with van der Waals surface area (Å²) in [5.41, 5.74) is 3.02. The Hall–Kier alpha value is -4.98. The van der Waals surface area contributed by atoms with E-state index in [1.165, 1.54) is 30.5 Å². The summed E-state index contributed by atoms with van der Waals surface area (Å²) in [6, 6.07) is 23.8. The number of halogens is 3. The number of hydrogen-bond acceptors (Lipinski definition) is 3. The molecule has 0 saturated heterocycles. The number of fused-ring (bicyclic) bond motifs is 1. The number of alkyl halides is 3. The standard InChI is InChI=1S/C33H24F3NO4/c1-19(38)22-7-4-9-24(15-22)25-12-13-29-28(17-25)30(26-10-5-8-23(16-26)20(2)39)31(32(40)41)37(29)18-21-6-3-11-27(14-21)33(34,35)36/h3-17H,18H2,1-2H3,(H,40,41). The van der Waals surface area contributed by atoms with E-state index in [1.54, 1.807) is 60.7 Å². The average Bonchev–Trinajstić information content (AvgIpc) is 3.26. The Balaban J connectivity index is 1.79. The first-order valence-electron chi connectivity index (χ1n) is 12.7. The lowest BCUT2D eigenvalue weighted by atomic mass is 9.96. The summed E-state index contributed by atoms with van der Waals surface area (Å²) in [5, 5.41) is 11.0. The molecule has 8 heteroatoms. The number of nitrogens with zero attached hydrogens (tertiary/aromatic N) is 1. The maximum absolute atomic E-state index is 13.4. The van der Waals surface area contributed by atoms with Crippen LogP contribution < -0.4 is 0 Å². The highest BCUT2D eigenvalue weighted by Crippen LogP contribution is 2.39. The van der Waals surface area contributed by atoms with Gasteiger partial charge in [-0.3, -0.25) is 9.59 Å². The summed E-state index contributed by atoms with van der Waals surface area (Å²) in [4.78, 5) is 36.9. The van der Waals surface area contributed by atoms with E-state index in [0.717, 1.165) is 23.3 Å². The lowest BCUT2D eigenvalue weighted by Crippen LogP contribution is -2.12. The molecule has 0 unspecified atom stereocenters. The van der Waals surface area contributed by atoms with Gasteiger partial charge in [0.25, 0.3) is 0 Å². The van der Waals surface area contributed by atoms with Gasteiger partial charge in [0, 0.05) is 34.1 Å². The number of aromatic nitrogens is 1. The Bertz CT molecular complexity index is 1850. The van der Waals surface area contributed by atoms with Crippen LogP contribution in [0, 0.1) is 0 Å². The van der Waals surface area contributed by atoms with Crippen LogP contribution in [0.5, 0.6) is 0 Å². The van der Waals surface area contributed by atoms with Crippen LogP contribution in [0.1, 0.15) is 56.2 Å². The minimum absolute atomic E-state index is 0.102. The van der Waals surface area contributed by atoms with Crippen molar-refractivity contribution in [2.45, 2.75) is 26.6 Å². The zero-order chi connectivity index (χ0) is 29.5. The lowest BCUT2D eigenvalue weighted by Gasteiger charge is -2.12. The molecule has 0 bridgehead atoms. The molecule has 0 aliphatic carbocycles. The summed E-state index contributed by atoms with van der Waals surface area (Å²) >= 11 is 0. The van der Waals surface area contributed by atoms with Crippen molar-refractivity contribution in [1.29, 1.82) is 0 Å². The van der Waals surface area contributed by atoms with Crippen molar-refractivity contribution in [2.24, 2.45) is 0 Å². The maximum Gasteiger partial charge on any atom is 0.416 e. The predicted octanol–water partition coefficient (Wildman–Crippen LogP) is 8.15. The van der Waals surface area contributed by atoms with Gasteiger partial charge in [-0.25, -0.2) is 4.79 Å². The molecule has 0 aliphatic rings. The number of ketones is 2. The van der Waals surface area contributed by atoms with Gasteiger partial charge in [-0.05, 0) is 72.5 Å². The molecule has 0 spiro atoms. The van der Waals surface area contributed by atoms with Crippen molar-refractivity contribution in [2.75, 3.05) is 0 Å². The molecular weight excluding hydrogens is 531 g/mol. The minimum atomic E-state index is -4.55. The Morgan fingerprint density at radius 2 is 1.32 bits per heavy atom. The van der Waals surface area contributed by atoms with Gasteiger partial charge in [0.2, 0.25) is 0 Å². The van der Waals surface area contributed by atoms with Crippen LogP contribution in [0.4, 0.5) is 13.2 Å². The Kier molecular flexibility index (Phi) is 7.09. The van der Waals surface area contributed by atoms with Crippen molar-refractivity contribution < 1.29 is 32.7 Å². The number of carboxylic acids is 1. The molecule has 0 radical (unpaired) electrons. The maximum atomic E-state index is 13.4. The molecular formula is C33H24F3NO4. The van der Waals surface area contributed by atoms with E-state index in [0.29, 0.717) is 33.2 Å². The molecule has 1 heterocycles. The highest BCUT2D eigenvalue weighted by Gasteiger charge is 2.31. The van der Waals surface area contributed by atoms with Gasteiger partial charge < -0.3 is 9.67 Å². The average molecular weight is 556 g/mol. The van der Waals surface area contributed by atoms with E-state index < -0.39 is 17.7 Å². The normalized spacial score (nSPS) is 11.5. The molecule has 5 nitrogen and oxygen atoms in total. The van der Waals surface area contributed by atoms with Crippen molar-refractivity contribution in [1.82, 2.24) is 4.57 Å². The molecule has 4 aromatic carbocycles. The van der Waals surface area contributed by atoms with Crippen LogP contribution in [0.15, 0.2) is 91.0 Å². The fourth-order valence-corrected chi connectivity index (χ4v) is 5.05. The van der Waals surface area contributed by atoms with Gasteiger partial charge in [0.05, 0.1) is 5.56 Å². The number of benzene rings is 4. The van der Waals surface area contributed by atoms with Crippen molar-refractivity contribution in [3.63, 3.8) is 0 Å². The summed E-state index contributed by atoms with van der Waals surface area (Å²) in [6.45, 7) is 2.75. The number of carbonyl (C=O) groups excluding carboxylic acids is 2. The van der Waals surface area contributed by atoms with E-state index in [-0.39, 0.29) is 29.4 Å². The molecule has 0 atom stereocenters. The van der Waals surface area contributed by atoms with Crippen molar-refractivity contribution >= 4 is 28.4 Å². The quantitative estimate of drug-likeness (QED) is 0.206. The number of carboxylic acid groups (broad SMARTS) is 1. The number of aromatic carboxylic acids is 1. The molecule has 0 aliphatic heterocycles. The van der Waals surface area contributed by atoms with Crippen LogP contribution >= 0.6 is 0 Å². The van der Waals surface area contributed by atoms with E-state index >= 15 is 0 Å². The monoisotopic (exact) mass is 555 g/mol. The van der Waals surface area contributed by atoms with Crippen molar-refractivity contribution in [3.8, 4) is 22.3 Å². The number of Topliss-reactive ketones (excluding diaryl/α,β-unsaturated/α-hetero) is 2. The zero-order valence-corrected chi connectivity index (χ0v) is 22.1. The minimum Gasteiger partial charge on any atom is -0.477 e. The predicted molar refractivity (Wildman–Crippen MR) is 150 cm³/mol. The highest BCUT2D eigenvalue weighted by molar-refractivity contribution is 6.10. The SMILES string of the molecule is CC(=O)c1cccc(-c2ccc3c(c2)c(-c2cccc(C(C)=O)c2)c(C(=O)O)n3Cc2cccc(C(F)(F)F)c2)c1. The third-order valence-corrected chi connectivity index (χ3v) is 7.02. The first-order chi connectivity index (χ1) is 19.4. The second kappa shape index (κ2) is 10.5. The van der Waals surface area contributed by atoms with E-state index in [9.17, 15) is 32.7 Å². The van der Waals surface area contributed by atoms with E-state index in [1.807, 2.05) is 6.07 Å². The second-order valence-electron chi connectivity index (χ2n) is 9.82. The van der Waals surface area contributed by atoms with E-state index in [2.05, 4.69) is 0 Å². The van der Waals surface area contributed by atoms with E-state index in [4.69, 9.17) is 0 Å². The molecule has 206 valence electrons. The highest BCUT2D eigenvalue weighted by atomic mass is 19.4. The van der Waals surface area contributed by atoms with Gasteiger partial charge in [-0.2, -0.15) is 13.2 Å². The number of hydrogen-bond donors (Lipinski definition) is 1. The van der Waals surface area contributed by atoms with Crippen LogP contribution in [0.25, 0.3) is 33.2 Å². The van der Waals surface area contributed by atoms with Gasteiger partial charge in [0.15, 0.2) is 11.6 Å². The molecule has 0 amide bonds. The summed E-state index contributed by atoms with van der Waals surface area (Å²) in [5.74, 6) is -1.57. The van der Waals surface area contributed by atoms with Gasteiger partial charge in [0.1, 0.15) is 5.69 Å². The Labute approximate surface area is 233 Å². The fourth-order valence-electron chi connectivity index (χ4n) is 5.05. The van der Waals surface area contributed by atoms with Crippen LogP contribution in [-0.4, -0.2) is 27.2 Å². The summed E-state index contributed by atoms with van der Waals surface area (Å²) < 4.78 is 41.8. The third kappa shape index (κ3) is 5.41. The second-order valence-corrected chi connectivity index (χ2v) is 9.82. The van der Waals surface area contributed by atoms with Crippen LogP contribution in [0.2, 0.25) is 0 Å². The van der Waals surface area contributed by atoms with Crippen LogP contribution in [0.3, 0.4) is 0 Å². The zero-order valence-electron chi connectivity index (χ0n) is 22.1. The topological polar surface area (TPSA) is 76.4 Å².